The van der Waals surface area contributed by atoms with Gasteiger partial charge in [-0.1, -0.05) is 18.2 Å². The highest BCUT2D eigenvalue weighted by Gasteiger charge is 2.33. The molecule has 0 bridgehead atoms. The summed E-state index contributed by atoms with van der Waals surface area (Å²) < 4.78 is 49.2. The summed E-state index contributed by atoms with van der Waals surface area (Å²) in [6.07, 6.45) is 2.53. The van der Waals surface area contributed by atoms with Crippen LogP contribution in [0.2, 0.25) is 0 Å². The van der Waals surface area contributed by atoms with E-state index < -0.39 is 23.2 Å². The fraction of sp³-hybridized carbons (Fsp3) is 0.250. The van der Waals surface area contributed by atoms with Gasteiger partial charge in [0.2, 0.25) is 0 Å². The second-order valence-electron chi connectivity index (χ2n) is 9.25. The third kappa shape index (κ3) is 4.06. The van der Waals surface area contributed by atoms with Crippen LogP contribution in [-0.2, 0) is 4.74 Å². The number of ether oxygens (including phenoxy) is 1. The Kier molecular flexibility index (Phi) is 5.78. The molecule has 3 aromatic carbocycles. The summed E-state index contributed by atoms with van der Waals surface area (Å²) in [5, 5.41) is 14.1. The lowest BCUT2D eigenvalue weighted by Gasteiger charge is -2.43. The zero-order valence-corrected chi connectivity index (χ0v) is 19.3. The third-order valence-corrected chi connectivity index (χ3v) is 7.01. The van der Waals surface area contributed by atoms with Crippen LogP contribution in [0, 0.1) is 17.5 Å². The van der Waals surface area contributed by atoms with E-state index in [1.807, 2.05) is 6.07 Å². The van der Waals surface area contributed by atoms with Gasteiger partial charge in [-0.2, -0.15) is 0 Å². The zero-order chi connectivity index (χ0) is 24.8. The number of hydrogen-bond donors (Lipinski definition) is 2. The van der Waals surface area contributed by atoms with Crippen molar-refractivity contribution in [2.24, 2.45) is 0 Å². The standard InChI is InChI=1S/C28H24F3N3O2/c29-18-10-17(11-19(30)13-18)22-14-33-23-5-4-16(20-2-1-3-25(35)27(20)31)12-21(23)28(22)34-8-6-26-24(15-34)32-7-9-36-26/h1-5,10-14,24,26,32,35H,6-9,15H2/t24-,26-/m1/s1. The normalized spacial score (nSPS) is 19.9. The molecule has 0 radical (unpaired) electrons. The Hall–Kier alpha value is -3.62. The van der Waals surface area contributed by atoms with Crippen molar-refractivity contribution in [3.05, 3.63) is 78.2 Å². The Morgan fingerprint density at radius 2 is 1.81 bits per heavy atom. The summed E-state index contributed by atoms with van der Waals surface area (Å²) >= 11 is 0. The first-order chi connectivity index (χ1) is 17.5. The van der Waals surface area contributed by atoms with E-state index in [1.165, 1.54) is 18.2 Å². The largest absolute Gasteiger partial charge is 0.505 e. The first kappa shape index (κ1) is 22.8. The predicted octanol–water partition coefficient (Wildman–Crippen LogP) is 5.26. The Morgan fingerprint density at radius 3 is 2.64 bits per heavy atom. The molecule has 2 atom stereocenters. The number of morpholine rings is 1. The monoisotopic (exact) mass is 491 g/mol. The quantitative estimate of drug-likeness (QED) is 0.410. The van der Waals surface area contributed by atoms with E-state index in [0.29, 0.717) is 41.9 Å². The van der Waals surface area contributed by atoms with E-state index in [-0.39, 0.29) is 17.7 Å². The van der Waals surface area contributed by atoms with Gasteiger partial charge in [0.05, 0.1) is 30.0 Å². The summed E-state index contributed by atoms with van der Waals surface area (Å²) in [5.41, 5.74) is 3.23. The molecular weight excluding hydrogens is 467 g/mol. The molecule has 2 aliphatic heterocycles. The molecule has 3 heterocycles. The van der Waals surface area contributed by atoms with Crippen LogP contribution in [0.5, 0.6) is 5.75 Å². The summed E-state index contributed by atoms with van der Waals surface area (Å²) in [5.74, 6) is -2.49. The molecule has 4 aromatic rings. The number of phenols is 1. The average molecular weight is 492 g/mol. The Labute approximate surface area is 206 Å². The molecule has 2 saturated heterocycles. The lowest BCUT2D eigenvalue weighted by molar-refractivity contribution is -0.0134. The number of fused-ring (bicyclic) bond motifs is 2. The molecule has 2 fully saturated rings. The maximum Gasteiger partial charge on any atom is 0.172 e. The average Bonchev–Trinajstić information content (AvgIpc) is 2.88. The highest BCUT2D eigenvalue weighted by molar-refractivity contribution is 6.01. The fourth-order valence-electron chi connectivity index (χ4n) is 5.33. The molecule has 0 spiro atoms. The number of aromatic hydroxyl groups is 1. The molecule has 2 N–H and O–H groups in total. The van der Waals surface area contributed by atoms with Crippen molar-refractivity contribution in [1.82, 2.24) is 10.3 Å². The number of hydrogen-bond acceptors (Lipinski definition) is 5. The lowest BCUT2D eigenvalue weighted by Crippen LogP contribution is -2.58. The number of halogens is 3. The SMILES string of the molecule is Oc1cccc(-c2ccc3ncc(-c4cc(F)cc(F)c4)c(N4CC[C@H]5OCCN[C@@H]5C4)c3c2)c1F. The maximum atomic E-state index is 14.8. The van der Waals surface area contributed by atoms with Crippen LogP contribution in [0.1, 0.15) is 6.42 Å². The van der Waals surface area contributed by atoms with Crippen LogP contribution in [0.25, 0.3) is 33.2 Å². The molecule has 6 rings (SSSR count). The molecule has 2 aliphatic rings. The van der Waals surface area contributed by atoms with Crippen LogP contribution < -0.4 is 10.2 Å². The molecule has 8 heteroatoms. The van der Waals surface area contributed by atoms with E-state index in [4.69, 9.17) is 4.74 Å². The second kappa shape index (κ2) is 9.11. The second-order valence-corrected chi connectivity index (χ2v) is 9.25. The van der Waals surface area contributed by atoms with Crippen molar-refractivity contribution in [2.75, 3.05) is 31.1 Å². The van der Waals surface area contributed by atoms with E-state index in [2.05, 4.69) is 15.2 Å². The Morgan fingerprint density at radius 1 is 0.972 bits per heavy atom. The summed E-state index contributed by atoms with van der Waals surface area (Å²) in [7, 11) is 0. The van der Waals surface area contributed by atoms with Crippen LogP contribution in [0.3, 0.4) is 0 Å². The highest BCUT2D eigenvalue weighted by atomic mass is 19.1. The van der Waals surface area contributed by atoms with Crippen molar-refractivity contribution in [3.63, 3.8) is 0 Å². The highest BCUT2D eigenvalue weighted by Crippen LogP contribution is 2.41. The molecule has 184 valence electrons. The van der Waals surface area contributed by atoms with E-state index >= 15 is 0 Å². The van der Waals surface area contributed by atoms with Crippen LogP contribution >= 0.6 is 0 Å². The number of pyridine rings is 1. The number of benzene rings is 3. The number of aromatic nitrogens is 1. The van der Waals surface area contributed by atoms with Crippen LogP contribution in [-0.4, -0.2) is 48.5 Å². The topological polar surface area (TPSA) is 57.6 Å². The van der Waals surface area contributed by atoms with Gasteiger partial charge in [0.1, 0.15) is 11.6 Å². The minimum atomic E-state index is -0.709. The van der Waals surface area contributed by atoms with Gasteiger partial charge in [-0.3, -0.25) is 4.98 Å². The third-order valence-electron chi connectivity index (χ3n) is 7.01. The van der Waals surface area contributed by atoms with Crippen molar-refractivity contribution < 1.29 is 23.0 Å². The number of phenolic OH excluding ortho intramolecular Hbond substituents is 1. The first-order valence-corrected chi connectivity index (χ1v) is 11.9. The molecule has 0 aliphatic carbocycles. The van der Waals surface area contributed by atoms with Crippen LogP contribution in [0.4, 0.5) is 18.9 Å². The minimum absolute atomic E-state index is 0.107. The van der Waals surface area contributed by atoms with E-state index in [1.54, 1.807) is 30.5 Å². The number of rotatable bonds is 3. The molecule has 0 saturated carbocycles. The Bertz CT molecular complexity index is 1440. The fourth-order valence-corrected chi connectivity index (χ4v) is 5.33. The molecule has 36 heavy (non-hydrogen) atoms. The van der Waals surface area contributed by atoms with Gasteiger partial charge in [-0.15, -0.1) is 0 Å². The van der Waals surface area contributed by atoms with E-state index in [0.717, 1.165) is 30.1 Å². The summed E-state index contributed by atoms with van der Waals surface area (Å²) in [6.45, 7) is 2.75. The summed E-state index contributed by atoms with van der Waals surface area (Å²) in [6, 6.07) is 13.4. The Balaban J connectivity index is 1.56. The van der Waals surface area contributed by atoms with Crippen LogP contribution in [0.15, 0.2) is 60.8 Å². The summed E-state index contributed by atoms with van der Waals surface area (Å²) in [4.78, 5) is 6.76. The maximum absolute atomic E-state index is 14.8. The van der Waals surface area contributed by atoms with Crippen molar-refractivity contribution >= 4 is 16.6 Å². The van der Waals surface area contributed by atoms with Gasteiger partial charge >= 0.3 is 0 Å². The molecular formula is C28H24F3N3O2. The van der Waals surface area contributed by atoms with Gasteiger partial charge in [-0.05, 0) is 47.9 Å². The molecule has 1 aromatic heterocycles. The number of nitrogens with one attached hydrogen (secondary N) is 1. The minimum Gasteiger partial charge on any atom is -0.505 e. The molecule has 5 nitrogen and oxygen atoms in total. The van der Waals surface area contributed by atoms with Gasteiger partial charge < -0.3 is 20.1 Å². The number of piperidine rings is 1. The number of nitrogens with zero attached hydrogens (tertiary/aromatic N) is 2. The predicted molar refractivity (Wildman–Crippen MR) is 133 cm³/mol. The van der Waals surface area contributed by atoms with Crippen molar-refractivity contribution in [2.45, 2.75) is 18.6 Å². The van der Waals surface area contributed by atoms with Crippen molar-refractivity contribution in [1.29, 1.82) is 0 Å². The zero-order valence-electron chi connectivity index (χ0n) is 19.3. The molecule has 0 unspecified atom stereocenters. The molecule has 0 amide bonds. The smallest absolute Gasteiger partial charge is 0.172 e. The first-order valence-electron chi connectivity index (χ1n) is 11.9. The lowest BCUT2D eigenvalue weighted by atomic mass is 9.94. The van der Waals surface area contributed by atoms with Gasteiger partial charge in [0, 0.05) is 48.4 Å². The van der Waals surface area contributed by atoms with Crippen molar-refractivity contribution in [3.8, 4) is 28.0 Å². The van der Waals surface area contributed by atoms with Gasteiger partial charge in [-0.25, -0.2) is 13.2 Å². The van der Waals surface area contributed by atoms with Gasteiger partial charge in [0.15, 0.2) is 11.6 Å². The number of anilines is 1. The van der Waals surface area contributed by atoms with Gasteiger partial charge in [0.25, 0.3) is 0 Å². The van der Waals surface area contributed by atoms with E-state index in [9.17, 15) is 18.3 Å².